The highest BCUT2D eigenvalue weighted by atomic mass is 15.2. The van der Waals surface area contributed by atoms with E-state index >= 15 is 0 Å². The van der Waals surface area contributed by atoms with Crippen molar-refractivity contribution in [1.29, 1.82) is 0 Å². The number of rotatable bonds is 2. The smallest absolute Gasteiger partial charge is 0.128 e. The Kier molecular flexibility index (Phi) is 4.00. The first-order valence-corrected chi connectivity index (χ1v) is 6.63. The van der Waals surface area contributed by atoms with Gasteiger partial charge in [0, 0.05) is 25.3 Å². The molecule has 1 aliphatic rings. The zero-order valence-electron chi connectivity index (χ0n) is 10.9. The monoisotopic (exact) mass is 233 g/mol. The molecule has 17 heavy (non-hydrogen) atoms. The minimum absolute atomic E-state index is 0.0701. The van der Waals surface area contributed by atoms with Gasteiger partial charge in [0.15, 0.2) is 0 Å². The van der Waals surface area contributed by atoms with Crippen molar-refractivity contribution in [2.45, 2.75) is 39.2 Å². The first kappa shape index (κ1) is 12.4. The average molecular weight is 233 g/mol. The molecule has 1 aliphatic heterocycles. The van der Waals surface area contributed by atoms with Gasteiger partial charge in [-0.15, -0.1) is 0 Å². The highest BCUT2D eigenvalue weighted by Crippen LogP contribution is 2.21. The molecule has 0 radical (unpaired) electrons. The summed E-state index contributed by atoms with van der Waals surface area (Å²) < 4.78 is 0. The normalized spacial score (nSPS) is 23.2. The average Bonchev–Trinajstić information content (AvgIpc) is 2.54. The number of hydrogen-bond acceptors (Lipinski definition) is 3. The molecule has 0 amide bonds. The minimum Gasteiger partial charge on any atom is -0.357 e. The van der Waals surface area contributed by atoms with Gasteiger partial charge in [0.25, 0.3) is 0 Å². The number of nitrogens with zero attached hydrogens (tertiary/aromatic N) is 2. The molecule has 0 aromatic carbocycles. The summed E-state index contributed by atoms with van der Waals surface area (Å²) >= 11 is 0. The molecule has 2 rings (SSSR count). The third-order valence-corrected chi connectivity index (χ3v) is 3.64. The van der Waals surface area contributed by atoms with Gasteiger partial charge in [0.2, 0.25) is 0 Å². The highest BCUT2D eigenvalue weighted by molar-refractivity contribution is 5.39. The summed E-state index contributed by atoms with van der Waals surface area (Å²) in [6.07, 6.45) is 5.80. The lowest BCUT2D eigenvalue weighted by Gasteiger charge is -2.21. The summed E-state index contributed by atoms with van der Waals surface area (Å²) in [4.78, 5) is 6.93. The molecule has 1 aromatic heterocycles. The maximum absolute atomic E-state index is 5.83. The molecule has 2 unspecified atom stereocenters. The van der Waals surface area contributed by atoms with Crippen LogP contribution in [0.5, 0.6) is 0 Å². The molecule has 2 atom stereocenters. The molecule has 0 bridgehead atoms. The van der Waals surface area contributed by atoms with E-state index < -0.39 is 0 Å². The Hall–Kier alpha value is -1.09. The maximum Gasteiger partial charge on any atom is 0.128 e. The molecule has 1 fully saturated rings. The van der Waals surface area contributed by atoms with Crippen LogP contribution >= 0.6 is 0 Å². The SMILES string of the molecule is CC1CCCN(c2ccc(C(C)N)cn2)CC1. The Bertz CT molecular complexity index is 345. The second-order valence-electron chi connectivity index (χ2n) is 5.26. The third kappa shape index (κ3) is 3.19. The van der Waals surface area contributed by atoms with Gasteiger partial charge in [-0.3, -0.25) is 0 Å². The fourth-order valence-corrected chi connectivity index (χ4v) is 2.35. The van der Waals surface area contributed by atoms with Crippen LogP contribution < -0.4 is 10.6 Å². The molecule has 2 heterocycles. The topological polar surface area (TPSA) is 42.1 Å². The molecule has 3 nitrogen and oxygen atoms in total. The number of anilines is 1. The van der Waals surface area contributed by atoms with E-state index in [1.165, 1.54) is 19.3 Å². The lowest BCUT2D eigenvalue weighted by Crippen LogP contribution is -2.25. The van der Waals surface area contributed by atoms with Crippen LogP contribution in [0.4, 0.5) is 5.82 Å². The summed E-state index contributed by atoms with van der Waals surface area (Å²) in [7, 11) is 0. The molecular formula is C14H23N3. The summed E-state index contributed by atoms with van der Waals surface area (Å²) in [6.45, 7) is 6.60. The number of nitrogens with two attached hydrogens (primary N) is 1. The molecule has 0 aliphatic carbocycles. The lowest BCUT2D eigenvalue weighted by molar-refractivity contribution is 0.521. The fraction of sp³-hybridized carbons (Fsp3) is 0.643. The van der Waals surface area contributed by atoms with Crippen molar-refractivity contribution in [2.24, 2.45) is 11.7 Å². The molecular weight excluding hydrogens is 210 g/mol. The van der Waals surface area contributed by atoms with Crippen molar-refractivity contribution in [1.82, 2.24) is 4.98 Å². The summed E-state index contributed by atoms with van der Waals surface area (Å²) in [5, 5.41) is 0. The van der Waals surface area contributed by atoms with E-state index in [-0.39, 0.29) is 6.04 Å². The first-order chi connectivity index (χ1) is 8.16. The van der Waals surface area contributed by atoms with Crippen molar-refractivity contribution in [2.75, 3.05) is 18.0 Å². The highest BCUT2D eigenvalue weighted by Gasteiger charge is 2.14. The number of aromatic nitrogens is 1. The van der Waals surface area contributed by atoms with E-state index in [9.17, 15) is 0 Å². The molecule has 0 saturated carbocycles. The Morgan fingerprint density at radius 1 is 1.35 bits per heavy atom. The van der Waals surface area contributed by atoms with Crippen LogP contribution in [0.1, 0.15) is 44.7 Å². The molecule has 2 N–H and O–H groups in total. The minimum atomic E-state index is 0.0701. The van der Waals surface area contributed by atoms with Crippen LogP contribution in [0.15, 0.2) is 18.3 Å². The summed E-state index contributed by atoms with van der Waals surface area (Å²) in [5.41, 5.74) is 6.94. The van der Waals surface area contributed by atoms with E-state index in [1.54, 1.807) is 0 Å². The van der Waals surface area contributed by atoms with Gasteiger partial charge in [-0.2, -0.15) is 0 Å². The molecule has 1 saturated heterocycles. The Labute approximate surface area is 104 Å². The summed E-state index contributed by atoms with van der Waals surface area (Å²) in [5.74, 6) is 1.95. The predicted molar refractivity (Wildman–Crippen MR) is 72.1 cm³/mol. The predicted octanol–water partition coefficient (Wildman–Crippen LogP) is 2.73. The Morgan fingerprint density at radius 3 is 2.82 bits per heavy atom. The number of hydrogen-bond donors (Lipinski definition) is 1. The molecule has 3 heteroatoms. The van der Waals surface area contributed by atoms with Crippen LogP contribution in [0.3, 0.4) is 0 Å². The molecule has 0 spiro atoms. The van der Waals surface area contributed by atoms with E-state index in [0.29, 0.717) is 0 Å². The standard InChI is InChI=1S/C14H23N3/c1-11-4-3-8-17(9-7-11)14-6-5-13(10-16-14)12(2)15/h5-6,10-12H,3-4,7-9,15H2,1-2H3. The fourth-order valence-electron chi connectivity index (χ4n) is 2.35. The van der Waals surface area contributed by atoms with E-state index in [1.807, 2.05) is 13.1 Å². The third-order valence-electron chi connectivity index (χ3n) is 3.64. The van der Waals surface area contributed by atoms with Crippen LogP contribution in [-0.4, -0.2) is 18.1 Å². The first-order valence-electron chi connectivity index (χ1n) is 6.63. The summed E-state index contributed by atoms with van der Waals surface area (Å²) in [6, 6.07) is 4.27. The quantitative estimate of drug-likeness (QED) is 0.854. The largest absolute Gasteiger partial charge is 0.357 e. The van der Waals surface area contributed by atoms with Crippen molar-refractivity contribution in [3.63, 3.8) is 0 Å². The van der Waals surface area contributed by atoms with E-state index in [4.69, 9.17) is 5.73 Å². The van der Waals surface area contributed by atoms with Crippen LogP contribution in [0.2, 0.25) is 0 Å². The van der Waals surface area contributed by atoms with E-state index in [0.717, 1.165) is 30.4 Å². The molecule has 1 aromatic rings. The van der Waals surface area contributed by atoms with Gasteiger partial charge >= 0.3 is 0 Å². The van der Waals surface area contributed by atoms with Gasteiger partial charge in [-0.25, -0.2) is 4.98 Å². The van der Waals surface area contributed by atoms with Crippen molar-refractivity contribution in [3.05, 3.63) is 23.9 Å². The van der Waals surface area contributed by atoms with Crippen molar-refractivity contribution >= 4 is 5.82 Å². The van der Waals surface area contributed by atoms with Gasteiger partial charge in [-0.1, -0.05) is 13.0 Å². The zero-order valence-corrected chi connectivity index (χ0v) is 10.9. The van der Waals surface area contributed by atoms with Gasteiger partial charge in [-0.05, 0) is 43.7 Å². The maximum atomic E-state index is 5.83. The van der Waals surface area contributed by atoms with Crippen molar-refractivity contribution in [3.8, 4) is 0 Å². The van der Waals surface area contributed by atoms with Crippen LogP contribution in [-0.2, 0) is 0 Å². The van der Waals surface area contributed by atoms with Crippen LogP contribution in [0.25, 0.3) is 0 Å². The lowest BCUT2D eigenvalue weighted by atomic mass is 10.0. The second kappa shape index (κ2) is 5.50. The molecule has 94 valence electrons. The zero-order chi connectivity index (χ0) is 12.3. The van der Waals surface area contributed by atoms with Gasteiger partial charge < -0.3 is 10.6 Å². The van der Waals surface area contributed by atoms with Crippen LogP contribution in [0, 0.1) is 5.92 Å². The second-order valence-corrected chi connectivity index (χ2v) is 5.26. The Morgan fingerprint density at radius 2 is 2.18 bits per heavy atom. The Balaban J connectivity index is 2.06. The number of pyridine rings is 1. The van der Waals surface area contributed by atoms with E-state index in [2.05, 4.69) is 28.9 Å². The van der Waals surface area contributed by atoms with Crippen molar-refractivity contribution < 1.29 is 0 Å². The van der Waals surface area contributed by atoms with Gasteiger partial charge in [0.05, 0.1) is 0 Å². The van der Waals surface area contributed by atoms with Gasteiger partial charge in [0.1, 0.15) is 5.82 Å².